The van der Waals surface area contributed by atoms with Crippen molar-refractivity contribution < 1.29 is 4.79 Å². The molecule has 0 bridgehead atoms. The normalized spacial score (nSPS) is 9.85. The third-order valence-electron chi connectivity index (χ3n) is 1.52. The van der Waals surface area contributed by atoms with Crippen LogP contribution in [0.5, 0.6) is 0 Å². The van der Waals surface area contributed by atoms with E-state index in [-0.39, 0.29) is 0 Å². The van der Waals surface area contributed by atoms with Gasteiger partial charge in [0, 0.05) is 5.56 Å². The second-order valence-corrected chi connectivity index (χ2v) is 3.20. The first-order valence-electron chi connectivity index (χ1n) is 3.59. The van der Waals surface area contributed by atoms with Gasteiger partial charge in [0.05, 0.1) is 23.0 Å². The molecule has 0 spiro atoms. The van der Waals surface area contributed by atoms with Gasteiger partial charge in [0.15, 0.2) is 6.29 Å². The minimum atomic E-state index is 0.617. The van der Waals surface area contributed by atoms with Crippen LogP contribution >= 0.6 is 11.5 Å². The maximum Gasteiger partial charge on any atom is 0.161 e. The summed E-state index contributed by atoms with van der Waals surface area (Å²) >= 11 is 1.18. The zero-order chi connectivity index (χ0) is 9.10. The van der Waals surface area contributed by atoms with Crippen LogP contribution in [0.25, 0.3) is 11.3 Å². The van der Waals surface area contributed by atoms with Crippen molar-refractivity contribution in [1.82, 2.24) is 14.6 Å². The molecule has 0 aliphatic carbocycles. The standard InChI is InChI=1S/C8H5N3OS/c12-5-7-3-8(11-13-7)6-1-2-9-10-4-6/h1-5H. The lowest BCUT2D eigenvalue weighted by molar-refractivity contribution is 0.112. The predicted octanol–water partition coefficient (Wildman–Crippen LogP) is 1.41. The van der Waals surface area contributed by atoms with E-state index >= 15 is 0 Å². The van der Waals surface area contributed by atoms with Gasteiger partial charge in [0.25, 0.3) is 0 Å². The summed E-state index contributed by atoms with van der Waals surface area (Å²) in [6.45, 7) is 0. The molecule has 0 saturated carbocycles. The number of rotatable bonds is 2. The summed E-state index contributed by atoms with van der Waals surface area (Å²) in [6.07, 6.45) is 3.99. The van der Waals surface area contributed by atoms with Crippen LogP contribution in [-0.2, 0) is 0 Å². The van der Waals surface area contributed by atoms with Gasteiger partial charge in [-0.2, -0.15) is 14.6 Å². The van der Waals surface area contributed by atoms with Gasteiger partial charge in [-0.25, -0.2) is 0 Å². The van der Waals surface area contributed by atoms with E-state index in [1.807, 2.05) is 0 Å². The Hall–Kier alpha value is -1.62. The minimum Gasteiger partial charge on any atom is -0.297 e. The van der Waals surface area contributed by atoms with E-state index in [0.29, 0.717) is 4.88 Å². The highest BCUT2D eigenvalue weighted by atomic mass is 32.1. The van der Waals surface area contributed by atoms with Crippen LogP contribution in [0, 0.1) is 0 Å². The van der Waals surface area contributed by atoms with E-state index in [4.69, 9.17) is 0 Å². The lowest BCUT2D eigenvalue weighted by Gasteiger charge is -1.90. The molecule has 64 valence electrons. The van der Waals surface area contributed by atoms with Crippen LogP contribution < -0.4 is 0 Å². The van der Waals surface area contributed by atoms with Crippen molar-refractivity contribution in [2.45, 2.75) is 0 Å². The number of carbonyl (C=O) groups excluding carboxylic acids is 1. The highest BCUT2D eigenvalue weighted by Gasteiger charge is 2.02. The molecule has 2 aromatic heterocycles. The summed E-state index contributed by atoms with van der Waals surface area (Å²) in [5, 5.41) is 7.38. The number of hydrogen-bond acceptors (Lipinski definition) is 5. The molecular formula is C8H5N3OS. The molecule has 5 heteroatoms. The van der Waals surface area contributed by atoms with Gasteiger partial charge >= 0.3 is 0 Å². The topological polar surface area (TPSA) is 55.7 Å². The molecule has 0 saturated heterocycles. The van der Waals surface area contributed by atoms with Crippen molar-refractivity contribution in [3.63, 3.8) is 0 Å². The van der Waals surface area contributed by atoms with Crippen molar-refractivity contribution in [1.29, 1.82) is 0 Å². The summed E-state index contributed by atoms with van der Waals surface area (Å²) < 4.78 is 4.10. The van der Waals surface area contributed by atoms with E-state index in [1.54, 1.807) is 24.5 Å². The zero-order valence-corrected chi connectivity index (χ0v) is 7.36. The van der Waals surface area contributed by atoms with E-state index in [9.17, 15) is 4.79 Å². The van der Waals surface area contributed by atoms with Gasteiger partial charge in [-0.15, -0.1) is 0 Å². The Morgan fingerprint density at radius 3 is 2.92 bits per heavy atom. The largest absolute Gasteiger partial charge is 0.297 e. The van der Waals surface area contributed by atoms with Crippen LogP contribution in [0.15, 0.2) is 24.5 Å². The smallest absolute Gasteiger partial charge is 0.161 e. The third kappa shape index (κ3) is 1.59. The van der Waals surface area contributed by atoms with Crippen molar-refractivity contribution in [3.05, 3.63) is 29.4 Å². The Morgan fingerprint density at radius 2 is 2.31 bits per heavy atom. The van der Waals surface area contributed by atoms with Crippen molar-refractivity contribution in [2.75, 3.05) is 0 Å². The molecule has 0 fully saturated rings. The van der Waals surface area contributed by atoms with Gasteiger partial charge in [0.1, 0.15) is 0 Å². The molecule has 0 aliphatic rings. The summed E-state index contributed by atoms with van der Waals surface area (Å²) in [5.41, 5.74) is 1.64. The van der Waals surface area contributed by atoms with Gasteiger partial charge < -0.3 is 0 Å². The fraction of sp³-hybridized carbons (Fsp3) is 0. The first kappa shape index (κ1) is 8.00. The molecule has 2 aromatic rings. The predicted molar refractivity (Wildman–Crippen MR) is 48.5 cm³/mol. The van der Waals surface area contributed by atoms with Gasteiger partial charge in [-0.1, -0.05) is 0 Å². The molecule has 0 unspecified atom stereocenters. The molecule has 2 rings (SSSR count). The first-order valence-corrected chi connectivity index (χ1v) is 4.36. The number of aromatic nitrogens is 3. The number of nitrogens with zero attached hydrogens (tertiary/aromatic N) is 3. The van der Waals surface area contributed by atoms with Crippen molar-refractivity contribution in [2.24, 2.45) is 0 Å². The second-order valence-electron chi connectivity index (χ2n) is 2.36. The van der Waals surface area contributed by atoms with E-state index in [1.165, 1.54) is 11.5 Å². The first-order chi connectivity index (χ1) is 6.40. The molecule has 0 amide bonds. The van der Waals surface area contributed by atoms with Crippen LogP contribution in [0.3, 0.4) is 0 Å². The molecule has 0 radical (unpaired) electrons. The lowest BCUT2D eigenvalue weighted by Crippen LogP contribution is -1.81. The Morgan fingerprint density at radius 1 is 1.38 bits per heavy atom. The lowest BCUT2D eigenvalue weighted by atomic mass is 10.2. The average Bonchev–Trinajstić information content (AvgIpc) is 2.67. The number of aldehydes is 1. The summed E-state index contributed by atoms with van der Waals surface area (Å²) in [4.78, 5) is 11.0. The maximum absolute atomic E-state index is 10.4. The fourth-order valence-corrected chi connectivity index (χ4v) is 1.49. The molecule has 0 N–H and O–H groups in total. The summed E-state index contributed by atoms with van der Waals surface area (Å²) in [7, 11) is 0. The Kier molecular flexibility index (Phi) is 2.09. The fourth-order valence-electron chi connectivity index (χ4n) is 0.923. The molecule has 0 aromatic carbocycles. The Bertz CT molecular complexity index is 412. The monoisotopic (exact) mass is 191 g/mol. The van der Waals surface area contributed by atoms with Gasteiger partial charge in [-0.3, -0.25) is 4.79 Å². The Balaban J connectivity index is 2.41. The molecule has 2 heterocycles. The van der Waals surface area contributed by atoms with Crippen molar-refractivity contribution >= 4 is 17.8 Å². The molecule has 0 atom stereocenters. The SMILES string of the molecule is O=Cc1cc(-c2ccnnc2)ns1. The third-order valence-corrected chi connectivity index (χ3v) is 2.24. The quantitative estimate of drug-likeness (QED) is 0.673. The summed E-state index contributed by atoms with van der Waals surface area (Å²) in [5.74, 6) is 0. The Labute approximate surface area is 78.4 Å². The highest BCUT2D eigenvalue weighted by molar-refractivity contribution is 7.07. The minimum absolute atomic E-state index is 0.617. The average molecular weight is 191 g/mol. The molecule has 0 aliphatic heterocycles. The van der Waals surface area contributed by atoms with Gasteiger partial charge in [-0.05, 0) is 23.7 Å². The number of hydrogen-bond donors (Lipinski definition) is 0. The maximum atomic E-state index is 10.4. The number of carbonyl (C=O) groups is 1. The molecule has 13 heavy (non-hydrogen) atoms. The molecular weight excluding hydrogens is 186 g/mol. The van der Waals surface area contributed by atoms with E-state index < -0.39 is 0 Å². The van der Waals surface area contributed by atoms with E-state index in [0.717, 1.165) is 17.5 Å². The van der Waals surface area contributed by atoms with Crippen LogP contribution in [-0.4, -0.2) is 20.9 Å². The summed E-state index contributed by atoms with van der Waals surface area (Å²) in [6, 6.07) is 3.53. The van der Waals surface area contributed by atoms with Crippen LogP contribution in [0.2, 0.25) is 0 Å². The van der Waals surface area contributed by atoms with Gasteiger partial charge in [0.2, 0.25) is 0 Å². The second kappa shape index (κ2) is 3.40. The van der Waals surface area contributed by atoms with Crippen LogP contribution in [0.1, 0.15) is 9.67 Å². The highest BCUT2D eigenvalue weighted by Crippen LogP contribution is 2.18. The van der Waals surface area contributed by atoms with E-state index in [2.05, 4.69) is 14.6 Å². The van der Waals surface area contributed by atoms with Crippen LogP contribution in [0.4, 0.5) is 0 Å². The van der Waals surface area contributed by atoms with Crippen molar-refractivity contribution in [3.8, 4) is 11.3 Å². The molecule has 4 nitrogen and oxygen atoms in total. The zero-order valence-electron chi connectivity index (χ0n) is 6.54.